The number of nitrogens with two attached hydrogens (primary N) is 1. The molecule has 0 spiro atoms. The van der Waals surface area contributed by atoms with Crippen molar-refractivity contribution in [2.75, 3.05) is 13.1 Å². The average molecular weight is 198 g/mol. The molecule has 0 aliphatic carbocycles. The lowest BCUT2D eigenvalue weighted by molar-refractivity contribution is -0.124. The van der Waals surface area contributed by atoms with Crippen LogP contribution in [0.1, 0.15) is 26.2 Å². The van der Waals surface area contributed by atoms with Crippen molar-refractivity contribution in [2.24, 2.45) is 5.73 Å². The Morgan fingerprint density at radius 3 is 2.46 bits per heavy atom. The zero-order chi connectivity index (χ0) is 10.3. The molecule has 13 heavy (non-hydrogen) atoms. The topological polar surface area (TPSA) is 38.0 Å². The number of halogens is 3. The number of hydrogen-bond donors (Lipinski definition) is 2. The maximum absolute atomic E-state index is 11.7. The summed E-state index contributed by atoms with van der Waals surface area (Å²) < 4.78 is 35.0. The number of hydrogen-bond acceptors (Lipinski definition) is 2. The molecule has 5 heteroatoms. The van der Waals surface area contributed by atoms with Gasteiger partial charge < -0.3 is 11.1 Å². The molecule has 0 radical (unpaired) electrons. The predicted octanol–water partition coefficient (Wildman–Crippen LogP) is 1.66. The zero-order valence-electron chi connectivity index (χ0n) is 7.82. The molecule has 0 fully saturated rings. The quantitative estimate of drug-likeness (QED) is 0.681. The summed E-state index contributed by atoms with van der Waals surface area (Å²) >= 11 is 0. The van der Waals surface area contributed by atoms with Gasteiger partial charge in [0, 0.05) is 12.6 Å². The minimum atomic E-state index is -4.13. The number of alkyl halides is 3. The molecule has 3 N–H and O–H groups in total. The molecule has 0 amide bonds. The van der Waals surface area contributed by atoms with Crippen LogP contribution in [-0.2, 0) is 0 Å². The Hall–Kier alpha value is -0.290. The highest BCUT2D eigenvalue weighted by molar-refractivity contribution is 4.66. The van der Waals surface area contributed by atoms with Gasteiger partial charge in [-0.05, 0) is 6.42 Å². The van der Waals surface area contributed by atoms with E-state index < -0.39 is 12.7 Å². The molecule has 2 nitrogen and oxygen atoms in total. The highest BCUT2D eigenvalue weighted by Crippen LogP contribution is 2.12. The highest BCUT2D eigenvalue weighted by atomic mass is 19.4. The van der Waals surface area contributed by atoms with Crippen LogP contribution in [0.5, 0.6) is 0 Å². The minimum Gasteiger partial charge on any atom is -0.327 e. The van der Waals surface area contributed by atoms with Gasteiger partial charge in [0.2, 0.25) is 0 Å². The summed E-state index contributed by atoms with van der Waals surface area (Å²) in [5.74, 6) is 0. The third-order valence-corrected chi connectivity index (χ3v) is 1.66. The van der Waals surface area contributed by atoms with Crippen molar-refractivity contribution in [3.8, 4) is 0 Å². The lowest BCUT2D eigenvalue weighted by atomic mass is 10.1. The standard InChI is InChI=1S/C8H17F3N2/c1-2-3-4-7(12)5-13-6-8(9,10)11/h7,13H,2-6,12H2,1H3. The van der Waals surface area contributed by atoms with Crippen molar-refractivity contribution < 1.29 is 13.2 Å². The second-order valence-electron chi connectivity index (χ2n) is 3.15. The summed E-state index contributed by atoms with van der Waals surface area (Å²) in [6.45, 7) is 1.31. The molecule has 80 valence electrons. The fraction of sp³-hybridized carbons (Fsp3) is 1.00. The van der Waals surface area contributed by atoms with Gasteiger partial charge in [0.1, 0.15) is 0 Å². The lowest BCUT2D eigenvalue weighted by Crippen LogP contribution is -2.38. The van der Waals surface area contributed by atoms with Gasteiger partial charge in [0.25, 0.3) is 0 Å². The van der Waals surface area contributed by atoms with E-state index in [2.05, 4.69) is 5.32 Å². The monoisotopic (exact) mass is 198 g/mol. The van der Waals surface area contributed by atoms with Crippen LogP contribution in [0, 0.1) is 0 Å². The molecule has 1 unspecified atom stereocenters. The lowest BCUT2D eigenvalue weighted by Gasteiger charge is -2.13. The molecule has 1 atom stereocenters. The molecule has 0 bridgehead atoms. The molecule has 0 saturated heterocycles. The summed E-state index contributed by atoms with van der Waals surface area (Å²) in [6, 6.07) is -0.165. The molecular formula is C8H17F3N2. The molecule has 0 aromatic rings. The molecule has 0 aliphatic heterocycles. The van der Waals surface area contributed by atoms with E-state index in [-0.39, 0.29) is 12.6 Å². The molecule has 0 aromatic carbocycles. The smallest absolute Gasteiger partial charge is 0.327 e. The van der Waals surface area contributed by atoms with Crippen LogP contribution in [0.15, 0.2) is 0 Å². The van der Waals surface area contributed by atoms with Gasteiger partial charge >= 0.3 is 6.18 Å². The third kappa shape index (κ3) is 9.63. The Morgan fingerprint density at radius 1 is 1.38 bits per heavy atom. The van der Waals surface area contributed by atoms with E-state index in [1.54, 1.807) is 0 Å². The maximum Gasteiger partial charge on any atom is 0.401 e. The average Bonchev–Trinajstić information content (AvgIpc) is 1.98. The summed E-state index contributed by atoms with van der Waals surface area (Å²) in [6.07, 6.45) is -1.37. The summed E-state index contributed by atoms with van der Waals surface area (Å²) in [5, 5.41) is 2.28. The molecule has 0 aromatic heterocycles. The Kier molecular flexibility index (Phi) is 6.07. The van der Waals surface area contributed by atoms with E-state index in [0.717, 1.165) is 19.3 Å². The van der Waals surface area contributed by atoms with Crippen LogP contribution in [0.4, 0.5) is 13.2 Å². The van der Waals surface area contributed by atoms with Crippen molar-refractivity contribution in [2.45, 2.75) is 38.4 Å². The second kappa shape index (κ2) is 6.21. The first-order chi connectivity index (χ1) is 5.95. The fourth-order valence-corrected chi connectivity index (χ4v) is 0.968. The van der Waals surface area contributed by atoms with Crippen LogP contribution in [0.2, 0.25) is 0 Å². The van der Waals surface area contributed by atoms with Crippen molar-refractivity contribution in [1.29, 1.82) is 0 Å². The van der Waals surface area contributed by atoms with E-state index in [1.165, 1.54) is 0 Å². The largest absolute Gasteiger partial charge is 0.401 e. The van der Waals surface area contributed by atoms with E-state index in [9.17, 15) is 13.2 Å². The molecular weight excluding hydrogens is 181 g/mol. The van der Waals surface area contributed by atoms with Crippen LogP contribution in [0.25, 0.3) is 0 Å². The third-order valence-electron chi connectivity index (χ3n) is 1.66. The van der Waals surface area contributed by atoms with Crippen molar-refractivity contribution in [3.05, 3.63) is 0 Å². The first-order valence-electron chi connectivity index (χ1n) is 4.48. The van der Waals surface area contributed by atoms with Crippen LogP contribution < -0.4 is 11.1 Å². The summed E-state index contributed by atoms with van der Waals surface area (Å²) in [7, 11) is 0. The predicted molar refractivity (Wildman–Crippen MR) is 46.4 cm³/mol. The van der Waals surface area contributed by atoms with Crippen LogP contribution in [0.3, 0.4) is 0 Å². The fourth-order valence-electron chi connectivity index (χ4n) is 0.968. The Balaban J connectivity index is 3.31. The zero-order valence-corrected chi connectivity index (χ0v) is 7.82. The van der Waals surface area contributed by atoms with Crippen molar-refractivity contribution >= 4 is 0 Å². The molecule has 0 aliphatic rings. The Morgan fingerprint density at radius 2 is 2.00 bits per heavy atom. The Labute approximate surface area is 76.7 Å². The van der Waals surface area contributed by atoms with E-state index in [1.807, 2.05) is 6.92 Å². The van der Waals surface area contributed by atoms with Crippen LogP contribution in [-0.4, -0.2) is 25.3 Å². The van der Waals surface area contributed by atoms with Gasteiger partial charge in [0.15, 0.2) is 0 Å². The van der Waals surface area contributed by atoms with Crippen molar-refractivity contribution in [3.63, 3.8) is 0 Å². The van der Waals surface area contributed by atoms with E-state index >= 15 is 0 Å². The maximum atomic E-state index is 11.7. The van der Waals surface area contributed by atoms with Crippen molar-refractivity contribution in [1.82, 2.24) is 5.32 Å². The van der Waals surface area contributed by atoms with Gasteiger partial charge in [-0.1, -0.05) is 19.8 Å². The van der Waals surface area contributed by atoms with E-state index in [4.69, 9.17) is 5.73 Å². The summed E-state index contributed by atoms with van der Waals surface area (Å²) in [4.78, 5) is 0. The first-order valence-corrected chi connectivity index (χ1v) is 4.48. The summed E-state index contributed by atoms with van der Waals surface area (Å²) in [5.41, 5.74) is 5.56. The molecule has 0 heterocycles. The molecule has 0 rings (SSSR count). The van der Waals surface area contributed by atoms with Gasteiger partial charge in [0.05, 0.1) is 6.54 Å². The number of rotatable bonds is 6. The highest BCUT2D eigenvalue weighted by Gasteiger charge is 2.26. The SMILES string of the molecule is CCCCC(N)CNCC(F)(F)F. The minimum absolute atomic E-state index is 0.165. The first kappa shape index (κ1) is 12.7. The number of nitrogens with one attached hydrogen (secondary N) is 1. The molecule has 0 saturated carbocycles. The van der Waals surface area contributed by atoms with Gasteiger partial charge in [-0.25, -0.2) is 0 Å². The van der Waals surface area contributed by atoms with E-state index in [0.29, 0.717) is 0 Å². The second-order valence-corrected chi connectivity index (χ2v) is 3.15. The Bertz CT molecular complexity index is 125. The van der Waals surface area contributed by atoms with Crippen LogP contribution >= 0.6 is 0 Å². The van der Waals surface area contributed by atoms with Gasteiger partial charge in [-0.15, -0.1) is 0 Å². The van der Waals surface area contributed by atoms with Gasteiger partial charge in [-0.3, -0.25) is 0 Å². The normalized spacial score (nSPS) is 14.5. The number of unbranched alkanes of at least 4 members (excludes halogenated alkanes) is 1. The van der Waals surface area contributed by atoms with Gasteiger partial charge in [-0.2, -0.15) is 13.2 Å².